The topological polar surface area (TPSA) is 70.4 Å². The van der Waals surface area contributed by atoms with Gasteiger partial charge in [0.25, 0.3) is 0 Å². The molecular formula is C10H12N2O3. The molecule has 0 atom stereocenters. The number of hydrogen-bond donors (Lipinski definition) is 1. The highest BCUT2D eigenvalue weighted by Crippen LogP contribution is 2.14. The van der Waals surface area contributed by atoms with E-state index in [0.717, 1.165) is 5.56 Å². The summed E-state index contributed by atoms with van der Waals surface area (Å²) < 4.78 is 11.4. The van der Waals surface area contributed by atoms with E-state index >= 15 is 0 Å². The zero-order valence-electron chi connectivity index (χ0n) is 8.40. The molecule has 5 heteroatoms. The number of nitrogens with zero attached hydrogens (tertiary/aromatic N) is 1. The summed E-state index contributed by atoms with van der Waals surface area (Å²) in [6.45, 7) is 0.613. The van der Waals surface area contributed by atoms with E-state index in [9.17, 15) is 4.79 Å². The first-order valence-corrected chi connectivity index (χ1v) is 4.57. The Morgan fingerprint density at radius 3 is 3.00 bits per heavy atom. The van der Waals surface area contributed by atoms with Crippen molar-refractivity contribution in [3.05, 3.63) is 34.3 Å². The number of ether oxygens (including phenoxy) is 1. The summed E-state index contributed by atoms with van der Waals surface area (Å²) in [5.41, 5.74) is 7.74. The van der Waals surface area contributed by atoms with Gasteiger partial charge >= 0.3 is 5.76 Å². The third-order valence-corrected chi connectivity index (χ3v) is 2.23. The molecule has 0 saturated carbocycles. The highest BCUT2D eigenvalue weighted by atomic mass is 16.5. The van der Waals surface area contributed by atoms with E-state index in [0.29, 0.717) is 17.6 Å². The molecule has 0 fully saturated rings. The first-order chi connectivity index (χ1) is 7.26. The molecule has 1 aromatic heterocycles. The maximum atomic E-state index is 11.4. The fourth-order valence-corrected chi connectivity index (χ4v) is 1.49. The standard InChI is InChI=1S/C10H12N2O3/c1-14-6-12-8-4-7(5-11)2-3-9(8)15-10(12)13/h2-4H,5-6,11H2,1H3. The largest absolute Gasteiger partial charge is 0.421 e. The Hall–Kier alpha value is -1.59. The van der Waals surface area contributed by atoms with Gasteiger partial charge in [-0.15, -0.1) is 0 Å². The zero-order valence-corrected chi connectivity index (χ0v) is 8.40. The van der Waals surface area contributed by atoms with Crippen molar-refractivity contribution in [2.45, 2.75) is 13.3 Å². The van der Waals surface area contributed by atoms with Crippen LogP contribution in [0.15, 0.2) is 27.4 Å². The molecule has 0 aliphatic carbocycles. The van der Waals surface area contributed by atoms with Crippen LogP contribution in [0.5, 0.6) is 0 Å². The molecule has 0 aliphatic heterocycles. The van der Waals surface area contributed by atoms with Gasteiger partial charge in [0, 0.05) is 13.7 Å². The summed E-state index contributed by atoms with van der Waals surface area (Å²) in [5, 5.41) is 0. The van der Waals surface area contributed by atoms with Gasteiger partial charge in [0.2, 0.25) is 0 Å². The van der Waals surface area contributed by atoms with Gasteiger partial charge in [-0.3, -0.25) is 0 Å². The molecule has 0 aliphatic rings. The van der Waals surface area contributed by atoms with Gasteiger partial charge in [-0.25, -0.2) is 9.36 Å². The molecular weight excluding hydrogens is 196 g/mol. The van der Waals surface area contributed by atoms with Crippen molar-refractivity contribution in [1.29, 1.82) is 0 Å². The predicted octanol–water partition coefficient (Wildman–Crippen LogP) is 0.657. The van der Waals surface area contributed by atoms with E-state index in [1.54, 1.807) is 6.07 Å². The summed E-state index contributed by atoms with van der Waals surface area (Å²) in [5.74, 6) is -0.416. The smallest absolute Gasteiger partial charge is 0.408 e. The predicted molar refractivity (Wildman–Crippen MR) is 55.4 cm³/mol. The van der Waals surface area contributed by atoms with E-state index in [4.69, 9.17) is 14.9 Å². The molecule has 0 amide bonds. The lowest BCUT2D eigenvalue weighted by Crippen LogP contribution is -2.15. The third kappa shape index (κ3) is 1.67. The van der Waals surface area contributed by atoms with Gasteiger partial charge in [-0.2, -0.15) is 0 Å². The van der Waals surface area contributed by atoms with Crippen LogP contribution in [0.1, 0.15) is 5.56 Å². The van der Waals surface area contributed by atoms with Crippen molar-refractivity contribution >= 4 is 11.1 Å². The quantitative estimate of drug-likeness (QED) is 0.804. The number of benzene rings is 1. The van der Waals surface area contributed by atoms with Crippen LogP contribution in [-0.2, 0) is 18.0 Å². The van der Waals surface area contributed by atoms with Crippen LogP contribution in [0.2, 0.25) is 0 Å². The van der Waals surface area contributed by atoms with Crippen LogP contribution < -0.4 is 11.5 Å². The Morgan fingerprint density at radius 2 is 2.33 bits per heavy atom. The van der Waals surface area contributed by atoms with Crippen LogP contribution in [0.4, 0.5) is 0 Å². The van der Waals surface area contributed by atoms with Gasteiger partial charge in [-0.05, 0) is 17.7 Å². The molecule has 1 aromatic carbocycles. The fraction of sp³-hybridized carbons (Fsp3) is 0.300. The number of hydrogen-bond acceptors (Lipinski definition) is 4. The van der Waals surface area contributed by atoms with Gasteiger partial charge in [0.05, 0.1) is 5.52 Å². The lowest BCUT2D eigenvalue weighted by molar-refractivity contribution is 0.128. The lowest BCUT2D eigenvalue weighted by Gasteiger charge is -2.00. The van der Waals surface area contributed by atoms with Crippen LogP contribution in [-0.4, -0.2) is 11.7 Å². The normalized spacial score (nSPS) is 11.1. The highest BCUT2D eigenvalue weighted by molar-refractivity contribution is 5.73. The molecule has 0 saturated heterocycles. The minimum atomic E-state index is -0.416. The minimum Gasteiger partial charge on any atom is -0.408 e. The van der Waals surface area contributed by atoms with Gasteiger partial charge in [0.15, 0.2) is 5.58 Å². The molecule has 0 radical (unpaired) electrons. The van der Waals surface area contributed by atoms with Crippen molar-refractivity contribution in [3.8, 4) is 0 Å². The van der Waals surface area contributed by atoms with Crippen LogP contribution in [0.25, 0.3) is 11.1 Å². The highest BCUT2D eigenvalue weighted by Gasteiger charge is 2.08. The average Bonchev–Trinajstić information content (AvgIpc) is 2.55. The van der Waals surface area contributed by atoms with Gasteiger partial charge in [-0.1, -0.05) is 6.07 Å². The Morgan fingerprint density at radius 1 is 1.53 bits per heavy atom. The minimum absolute atomic E-state index is 0.180. The Balaban J connectivity index is 2.66. The van der Waals surface area contributed by atoms with Crippen molar-refractivity contribution in [2.24, 2.45) is 5.73 Å². The van der Waals surface area contributed by atoms with Gasteiger partial charge < -0.3 is 14.9 Å². The molecule has 1 heterocycles. The van der Waals surface area contributed by atoms with Crippen molar-refractivity contribution in [1.82, 2.24) is 4.57 Å². The monoisotopic (exact) mass is 208 g/mol. The second-order valence-electron chi connectivity index (χ2n) is 3.22. The summed E-state index contributed by atoms with van der Waals surface area (Å²) in [6, 6.07) is 5.41. The first kappa shape index (κ1) is 9.95. The number of aromatic nitrogens is 1. The van der Waals surface area contributed by atoms with Crippen LogP contribution >= 0.6 is 0 Å². The molecule has 0 spiro atoms. The maximum absolute atomic E-state index is 11.4. The molecule has 5 nitrogen and oxygen atoms in total. The zero-order chi connectivity index (χ0) is 10.8. The second-order valence-corrected chi connectivity index (χ2v) is 3.22. The molecule has 0 unspecified atom stereocenters. The van der Waals surface area contributed by atoms with E-state index in [1.807, 2.05) is 12.1 Å². The van der Waals surface area contributed by atoms with Crippen LogP contribution in [0, 0.1) is 0 Å². The summed E-state index contributed by atoms with van der Waals surface area (Å²) in [7, 11) is 1.53. The third-order valence-electron chi connectivity index (χ3n) is 2.23. The average molecular weight is 208 g/mol. The molecule has 2 aromatic rings. The van der Waals surface area contributed by atoms with E-state index in [2.05, 4.69) is 0 Å². The van der Waals surface area contributed by atoms with E-state index in [1.165, 1.54) is 11.7 Å². The van der Waals surface area contributed by atoms with Crippen molar-refractivity contribution in [2.75, 3.05) is 7.11 Å². The molecule has 15 heavy (non-hydrogen) atoms. The first-order valence-electron chi connectivity index (χ1n) is 4.57. The van der Waals surface area contributed by atoms with Crippen molar-refractivity contribution < 1.29 is 9.15 Å². The maximum Gasteiger partial charge on any atom is 0.421 e. The number of methoxy groups -OCH3 is 1. The molecule has 2 rings (SSSR count). The molecule has 0 bridgehead atoms. The van der Waals surface area contributed by atoms with Gasteiger partial charge in [0.1, 0.15) is 6.73 Å². The van der Waals surface area contributed by atoms with Crippen LogP contribution in [0.3, 0.4) is 0 Å². The van der Waals surface area contributed by atoms with E-state index in [-0.39, 0.29) is 6.73 Å². The Kier molecular flexibility index (Phi) is 2.57. The lowest BCUT2D eigenvalue weighted by atomic mass is 10.2. The van der Waals surface area contributed by atoms with E-state index < -0.39 is 5.76 Å². The number of fused-ring (bicyclic) bond motifs is 1. The fourth-order valence-electron chi connectivity index (χ4n) is 1.49. The Bertz CT molecular complexity index is 527. The number of rotatable bonds is 3. The SMILES string of the molecule is COCn1c(=O)oc2ccc(CN)cc21. The molecule has 2 N–H and O–H groups in total. The molecule has 80 valence electrons. The van der Waals surface area contributed by atoms with Crippen molar-refractivity contribution in [3.63, 3.8) is 0 Å². The number of oxazole rings is 1. The summed E-state index contributed by atoms with van der Waals surface area (Å²) >= 11 is 0. The Labute approximate surface area is 86.0 Å². The summed E-state index contributed by atoms with van der Waals surface area (Å²) in [4.78, 5) is 11.4. The second kappa shape index (κ2) is 3.88. The number of nitrogens with two attached hydrogens (primary N) is 1. The summed E-state index contributed by atoms with van der Waals surface area (Å²) in [6.07, 6.45) is 0.